The molecule has 7 heteroatoms. The van der Waals surface area contributed by atoms with Crippen LogP contribution in [0.2, 0.25) is 0 Å². The minimum absolute atomic E-state index is 0.293. The molecule has 0 aliphatic heterocycles. The summed E-state index contributed by atoms with van der Waals surface area (Å²) >= 11 is 0. The number of rotatable bonds is 4. The van der Waals surface area contributed by atoms with Crippen LogP contribution >= 0.6 is 0 Å². The SMILES string of the molecule is Cc1ccc2nc3c(c(C(=O)OCC(=O)Nc4cc(C)on4)c2c1)CCCC3. The van der Waals surface area contributed by atoms with Gasteiger partial charge in [0.05, 0.1) is 11.1 Å². The zero-order valence-electron chi connectivity index (χ0n) is 15.9. The van der Waals surface area contributed by atoms with Gasteiger partial charge >= 0.3 is 5.97 Å². The van der Waals surface area contributed by atoms with Crippen LogP contribution in [0.25, 0.3) is 10.9 Å². The number of hydrogen-bond acceptors (Lipinski definition) is 6. The van der Waals surface area contributed by atoms with Gasteiger partial charge in [0.2, 0.25) is 0 Å². The smallest absolute Gasteiger partial charge is 0.339 e. The molecule has 0 spiro atoms. The number of pyridine rings is 1. The highest BCUT2D eigenvalue weighted by Crippen LogP contribution is 2.30. The van der Waals surface area contributed by atoms with E-state index >= 15 is 0 Å². The third kappa shape index (κ3) is 3.60. The summed E-state index contributed by atoms with van der Waals surface area (Å²) in [6, 6.07) is 7.45. The molecule has 3 aromatic rings. The second-order valence-electron chi connectivity index (χ2n) is 7.09. The predicted octanol–water partition coefficient (Wildman–Crippen LogP) is 3.51. The number of carbonyl (C=O) groups is 2. The van der Waals surface area contributed by atoms with E-state index in [9.17, 15) is 9.59 Å². The van der Waals surface area contributed by atoms with Gasteiger partial charge in [-0.2, -0.15) is 0 Å². The third-order valence-electron chi connectivity index (χ3n) is 4.85. The molecule has 7 nitrogen and oxygen atoms in total. The first-order valence-corrected chi connectivity index (χ1v) is 9.33. The zero-order chi connectivity index (χ0) is 19.7. The predicted molar refractivity (Wildman–Crippen MR) is 103 cm³/mol. The number of aromatic nitrogens is 2. The van der Waals surface area contributed by atoms with Crippen molar-refractivity contribution in [2.24, 2.45) is 0 Å². The van der Waals surface area contributed by atoms with Gasteiger partial charge in [-0.1, -0.05) is 16.8 Å². The first-order chi connectivity index (χ1) is 13.5. The Balaban J connectivity index is 1.59. The second kappa shape index (κ2) is 7.42. The Morgan fingerprint density at radius 2 is 2.00 bits per heavy atom. The standard InChI is InChI=1S/C21H21N3O4/c1-12-7-8-17-15(9-12)20(14-5-3-4-6-16(14)22-17)21(26)27-11-19(25)23-18-10-13(2)28-24-18/h7-10H,3-6,11H2,1-2H3,(H,23,24,25). The molecule has 0 radical (unpaired) electrons. The van der Waals surface area contributed by atoms with Crippen LogP contribution in [0.3, 0.4) is 0 Å². The Labute approximate surface area is 162 Å². The van der Waals surface area contributed by atoms with Crippen molar-refractivity contribution >= 4 is 28.6 Å². The van der Waals surface area contributed by atoms with Gasteiger partial charge in [0, 0.05) is 17.1 Å². The molecule has 0 bridgehead atoms. The summed E-state index contributed by atoms with van der Waals surface area (Å²) in [5, 5.41) is 7.01. The van der Waals surface area contributed by atoms with Crippen molar-refractivity contribution in [3.05, 3.63) is 52.4 Å². The van der Waals surface area contributed by atoms with E-state index in [1.54, 1.807) is 13.0 Å². The van der Waals surface area contributed by atoms with Gasteiger partial charge in [-0.3, -0.25) is 9.78 Å². The molecular weight excluding hydrogens is 358 g/mol. The van der Waals surface area contributed by atoms with Crippen LogP contribution in [-0.4, -0.2) is 28.6 Å². The summed E-state index contributed by atoms with van der Waals surface area (Å²) in [6.07, 6.45) is 3.72. The molecule has 0 saturated carbocycles. The summed E-state index contributed by atoms with van der Waals surface area (Å²) in [5.41, 5.74) is 4.26. The number of fused-ring (bicyclic) bond motifs is 2. The average molecular weight is 379 g/mol. The van der Waals surface area contributed by atoms with Gasteiger partial charge in [-0.25, -0.2) is 4.79 Å². The lowest BCUT2D eigenvalue weighted by Crippen LogP contribution is -2.22. The number of nitrogens with zero attached hydrogens (tertiary/aromatic N) is 2. The van der Waals surface area contributed by atoms with Crippen LogP contribution in [0.15, 0.2) is 28.8 Å². The topological polar surface area (TPSA) is 94.3 Å². The molecule has 1 aromatic carbocycles. The Hall–Kier alpha value is -3.22. The number of nitrogens with one attached hydrogen (secondary N) is 1. The van der Waals surface area contributed by atoms with Crippen LogP contribution in [-0.2, 0) is 22.4 Å². The Bertz CT molecular complexity index is 1070. The lowest BCUT2D eigenvalue weighted by molar-refractivity contribution is -0.119. The maximum absolute atomic E-state index is 12.9. The quantitative estimate of drug-likeness (QED) is 0.697. The van der Waals surface area contributed by atoms with E-state index in [2.05, 4.69) is 10.5 Å². The van der Waals surface area contributed by atoms with E-state index in [1.807, 2.05) is 25.1 Å². The molecule has 28 heavy (non-hydrogen) atoms. The first-order valence-electron chi connectivity index (χ1n) is 9.33. The zero-order valence-corrected chi connectivity index (χ0v) is 15.9. The lowest BCUT2D eigenvalue weighted by atomic mass is 9.89. The van der Waals surface area contributed by atoms with Crippen LogP contribution in [0.5, 0.6) is 0 Å². The number of carbonyl (C=O) groups excluding carboxylic acids is 2. The molecule has 0 atom stereocenters. The number of amides is 1. The molecule has 0 saturated heterocycles. The molecule has 1 aliphatic rings. The van der Waals surface area contributed by atoms with Gasteiger partial charge in [0.15, 0.2) is 12.4 Å². The average Bonchev–Trinajstić information content (AvgIpc) is 3.09. The van der Waals surface area contributed by atoms with Crippen molar-refractivity contribution < 1.29 is 18.8 Å². The van der Waals surface area contributed by atoms with Crippen LogP contribution < -0.4 is 5.32 Å². The van der Waals surface area contributed by atoms with Gasteiger partial charge in [0.25, 0.3) is 5.91 Å². The maximum Gasteiger partial charge on any atom is 0.339 e. The Morgan fingerprint density at radius 3 is 2.79 bits per heavy atom. The molecule has 1 amide bonds. The number of aryl methyl sites for hydroxylation is 3. The second-order valence-corrected chi connectivity index (χ2v) is 7.09. The van der Waals surface area contributed by atoms with Crippen molar-refractivity contribution in [2.45, 2.75) is 39.5 Å². The normalized spacial score (nSPS) is 13.2. The van der Waals surface area contributed by atoms with Crippen molar-refractivity contribution in [1.29, 1.82) is 0 Å². The minimum Gasteiger partial charge on any atom is -0.452 e. The fourth-order valence-corrected chi connectivity index (χ4v) is 3.58. The molecule has 4 rings (SSSR count). The van der Waals surface area contributed by atoms with Gasteiger partial charge in [0.1, 0.15) is 5.76 Å². The molecule has 144 valence electrons. The number of benzene rings is 1. The number of esters is 1. The highest BCUT2D eigenvalue weighted by atomic mass is 16.5. The summed E-state index contributed by atoms with van der Waals surface area (Å²) in [4.78, 5) is 29.8. The highest BCUT2D eigenvalue weighted by molar-refractivity contribution is 6.06. The Morgan fingerprint density at radius 1 is 1.18 bits per heavy atom. The van der Waals surface area contributed by atoms with E-state index in [0.29, 0.717) is 17.1 Å². The van der Waals surface area contributed by atoms with E-state index in [1.165, 1.54) is 0 Å². The molecule has 2 heterocycles. The highest BCUT2D eigenvalue weighted by Gasteiger charge is 2.24. The van der Waals surface area contributed by atoms with Gasteiger partial charge in [-0.15, -0.1) is 0 Å². The fraction of sp³-hybridized carbons (Fsp3) is 0.333. The molecular formula is C21H21N3O4. The number of hydrogen-bond donors (Lipinski definition) is 1. The van der Waals surface area contributed by atoms with Crippen LogP contribution in [0, 0.1) is 13.8 Å². The maximum atomic E-state index is 12.9. The number of anilines is 1. The van der Waals surface area contributed by atoms with E-state index in [-0.39, 0.29) is 0 Å². The number of ether oxygens (including phenoxy) is 1. The molecule has 1 aliphatic carbocycles. The van der Waals surface area contributed by atoms with Crippen molar-refractivity contribution in [2.75, 3.05) is 11.9 Å². The summed E-state index contributed by atoms with van der Waals surface area (Å²) < 4.78 is 10.2. The summed E-state index contributed by atoms with van der Waals surface area (Å²) in [5.74, 6) is -0.0915. The lowest BCUT2D eigenvalue weighted by Gasteiger charge is -2.20. The summed E-state index contributed by atoms with van der Waals surface area (Å²) in [6.45, 7) is 3.30. The van der Waals surface area contributed by atoms with E-state index < -0.39 is 18.5 Å². The fourth-order valence-electron chi connectivity index (χ4n) is 3.58. The largest absolute Gasteiger partial charge is 0.452 e. The van der Waals surface area contributed by atoms with E-state index in [0.717, 1.165) is 53.4 Å². The summed E-state index contributed by atoms with van der Waals surface area (Å²) in [7, 11) is 0. The van der Waals surface area contributed by atoms with Crippen LogP contribution in [0.4, 0.5) is 5.82 Å². The third-order valence-corrected chi connectivity index (χ3v) is 4.85. The van der Waals surface area contributed by atoms with E-state index in [4.69, 9.17) is 14.2 Å². The molecule has 1 N–H and O–H groups in total. The Kier molecular flexibility index (Phi) is 4.81. The molecule has 2 aromatic heterocycles. The van der Waals surface area contributed by atoms with Crippen LogP contribution in [0.1, 0.15) is 45.8 Å². The molecule has 0 unspecified atom stereocenters. The monoisotopic (exact) mass is 379 g/mol. The first kappa shape index (κ1) is 18.2. The minimum atomic E-state index is -0.498. The van der Waals surface area contributed by atoms with Crippen molar-refractivity contribution in [3.63, 3.8) is 0 Å². The molecule has 0 fully saturated rings. The van der Waals surface area contributed by atoms with Crippen molar-refractivity contribution in [1.82, 2.24) is 10.1 Å². The van der Waals surface area contributed by atoms with Crippen molar-refractivity contribution in [3.8, 4) is 0 Å². The van der Waals surface area contributed by atoms with Gasteiger partial charge in [-0.05, 0) is 57.2 Å². The van der Waals surface area contributed by atoms with Gasteiger partial charge < -0.3 is 14.6 Å².